The summed E-state index contributed by atoms with van der Waals surface area (Å²) in [5.41, 5.74) is 6.39. The number of hydrogen-bond donors (Lipinski definition) is 0. The molecule has 0 aliphatic rings. The zero-order chi connectivity index (χ0) is 66.8. The predicted molar refractivity (Wildman–Crippen MR) is 367 cm³/mol. The van der Waals surface area contributed by atoms with E-state index in [2.05, 4.69) is 86.6 Å². The smallest absolute Gasteiger partial charge is 0.206 e. The van der Waals surface area contributed by atoms with Crippen LogP contribution in [0.5, 0.6) is 0 Å². The van der Waals surface area contributed by atoms with Crippen molar-refractivity contribution in [1.29, 1.82) is 0 Å². The summed E-state index contributed by atoms with van der Waals surface area (Å²) in [6, 6.07) is 24.9. The van der Waals surface area contributed by atoms with Gasteiger partial charge in [0, 0.05) is 58.6 Å². The second-order valence-corrected chi connectivity index (χ2v) is 27.2. The maximum absolute atomic E-state index is 12.8. The van der Waals surface area contributed by atoms with Crippen LogP contribution in [0.15, 0.2) is 119 Å². The van der Waals surface area contributed by atoms with Crippen LogP contribution in [0, 0.1) is 86.7 Å². The van der Waals surface area contributed by atoms with Crippen LogP contribution in [0.1, 0.15) is 66.8 Å². The molecule has 0 spiro atoms. The Morgan fingerprint density at radius 2 is 0.593 bits per heavy atom. The lowest BCUT2D eigenvalue weighted by Crippen LogP contribution is -2.08. The quantitative estimate of drug-likeness (QED) is 0.105. The minimum atomic E-state index is -4.42. The molecule has 468 valence electrons. The topological polar surface area (TPSA) is 0 Å². The van der Waals surface area contributed by atoms with Gasteiger partial charge in [0.2, 0.25) is 0 Å². The van der Waals surface area contributed by atoms with E-state index >= 15 is 0 Å². The van der Waals surface area contributed by atoms with Gasteiger partial charge in [-0.2, -0.15) is 26.3 Å². The maximum atomic E-state index is 12.8. The molecule has 0 unspecified atom stereocenters. The maximum Gasteiger partial charge on any atom is 0.418 e. The summed E-state index contributed by atoms with van der Waals surface area (Å²) in [6.07, 6.45) is -8.76. The summed E-state index contributed by atoms with van der Waals surface area (Å²) in [4.78, 5) is 0. The van der Waals surface area contributed by atoms with Crippen LogP contribution >= 0.6 is 219 Å². The number of rotatable bonds is 0. The molecule has 0 radical (unpaired) electrons. The molecule has 0 saturated heterocycles. The van der Waals surface area contributed by atoms with Gasteiger partial charge in [-0.3, -0.25) is 0 Å². The molecule has 0 bridgehead atoms. The summed E-state index contributed by atoms with van der Waals surface area (Å²) < 4.78 is 115. The third kappa shape index (κ3) is 28.9. The molecule has 0 amide bonds. The van der Waals surface area contributed by atoms with E-state index in [1.165, 1.54) is 61.4 Å². The first-order valence-electron chi connectivity index (χ1n) is 23.7. The second kappa shape index (κ2) is 38.3. The van der Waals surface area contributed by atoms with E-state index in [-0.39, 0.29) is 47.3 Å². The number of benzene rings is 8. The van der Waals surface area contributed by atoms with Crippen LogP contribution in [0.4, 0.5) is 39.5 Å². The fourth-order valence-electron chi connectivity index (χ4n) is 6.41. The highest BCUT2D eigenvalue weighted by Gasteiger charge is 2.36. The number of alkyl halides is 6. The second-order valence-electron chi connectivity index (χ2n) is 17.9. The molecule has 0 atom stereocenters. The monoisotopic (exact) mass is 1750 g/mol. The normalized spacial score (nSPS) is 10.6. The largest absolute Gasteiger partial charge is 0.418 e. The van der Waals surface area contributed by atoms with Crippen molar-refractivity contribution in [3.63, 3.8) is 0 Å². The van der Waals surface area contributed by atoms with Gasteiger partial charge in [0.1, 0.15) is 17.5 Å². The van der Waals surface area contributed by atoms with Gasteiger partial charge in [0.05, 0.1) is 35.1 Å². The Bertz CT molecular complexity index is 2940. The lowest BCUT2D eigenvalue weighted by Gasteiger charge is -2.12. The van der Waals surface area contributed by atoms with Gasteiger partial charge < -0.3 is 0 Å². The molecule has 0 N–H and O–H groups in total. The van der Waals surface area contributed by atoms with Crippen molar-refractivity contribution in [3.8, 4) is 0 Å². The highest BCUT2D eigenvalue weighted by atomic mass is 79.9. The summed E-state index contributed by atoms with van der Waals surface area (Å²) in [7, 11) is 0. The average molecular weight is 1760 g/mol. The Balaban J connectivity index is 0.000000493. The Morgan fingerprint density at radius 3 is 0.965 bits per heavy atom. The zero-order valence-electron chi connectivity index (χ0n) is 46.1. The van der Waals surface area contributed by atoms with E-state index in [4.69, 9.17) is 139 Å². The zero-order valence-corrected chi connectivity index (χ0v) is 63.1. The molecule has 0 aliphatic carbocycles. The summed E-state index contributed by atoms with van der Waals surface area (Å²) in [5.74, 6) is -1.03. The van der Waals surface area contributed by atoms with Gasteiger partial charge in [0.15, 0.2) is 0 Å². The van der Waals surface area contributed by atoms with Gasteiger partial charge >= 0.3 is 12.4 Å². The van der Waals surface area contributed by atoms with Crippen molar-refractivity contribution in [2.24, 2.45) is 0 Å². The molecule has 0 fully saturated rings. The molecule has 8 rings (SSSR count). The van der Waals surface area contributed by atoms with Gasteiger partial charge in [-0.1, -0.05) is 171 Å². The SMILES string of the molecule is Cc1cc(Cl)cc(Br)c1C.Cc1cc(Cl)cc(Br)c1C(F)(F)F.Cc1cc(Cl)cc(Br)c1Cl.Cc1cc(Cl)cc(Br)c1F.Cc1cc(Cl)cc(Cl)c1C.Cc1cc(Cl)cc(Cl)c1C(F)(F)F.Cc1cc(Cl)cc(F)c1Br.Cc1cc(Cl)cc(F)c1Cl. The first-order chi connectivity index (χ1) is 39.3. The van der Waals surface area contributed by atoms with Crippen molar-refractivity contribution >= 4 is 219 Å². The molecule has 8 aromatic carbocycles. The van der Waals surface area contributed by atoms with Crippen LogP contribution < -0.4 is 0 Å². The minimum Gasteiger partial charge on any atom is -0.206 e. The molecule has 0 nitrogen and oxygen atoms in total. The average Bonchev–Trinajstić information content (AvgIpc) is 2.30. The Hall–Kier alpha value is -0.990. The summed E-state index contributed by atoms with van der Waals surface area (Å²) in [5, 5.41) is 5.28. The van der Waals surface area contributed by atoms with Gasteiger partial charge in [-0.25, -0.2) is 13.2 Å². The van der Waals surface area contributed by atoms with Crippen LogP contribution in [-0.4, -0.2) is 0 Å². The van der Waals surface area contributed by atoms with Crippen molar-refractivity contribution in [2.75, 3.05) is 0 Å². The lowest BCUT2D eigenvalue weighted by molar-refractivity contribution is -0.139. The molecule has 26 heteroatoms. The van der Waals surface area contributed by atoms with E-state index in [1.807, 2.05) is 52.0 Å². The third-order valence-electron chi connectivity index (χ3n) is 10.9. The summed E-state index contributed by atoms with van der Waals surface area (Å²) in [6.45, 7) is 17.9. The van der Waals surface area contributed by atoms with Crippen LogP contribution in [0.25, 0.3) is 0 Å². The van der Waals surface area contributed by atoms with E-state index in [9.17, 15) is 39.5 Å². The minimum absolute atomic E-state index is 0.0231. The molecule has 8 aromatic rings. The van der Waals surface area contributed by atoms with Crippen LogP contribution in [-0.2, 0) is 12.4 Å². The third-order valence-corrected chi connectivity index (χ3v) is 18.2. The molecular formula is C60H46Br5Cl12F9. The summed E-state index contributed by atoms with van der Waals surface area (Å²) >= 11 is 83.3. The Labute approximate surface area is 597 Å². The van der Waals surface area contributed by atoms with Gasteiger partial charge in [-0.05, 0) is 270 Å². The highest BCUT2D eigenvalue weighted by molar-refractivity contribution is 9.11. The molecular weight excluding hydrogens is 1720 g/mol. The van der Waals surface area contributed by atoms with Crippen molar-refractivity contribution in [2.45, 2.75) is 81.6 Å². The Morgan fingerprint density at radius 1 is 0.279 bits per heavy atom. The van der Waals surface area contributed by atoms with Gasteiger partial charge in [-0.15, -0.1) is 0 Å². The first kappa shape index (κ1) is 83.0. The standard InChI is InChI=1S/C8H5BrClF3.C8H8BrCl.C8H5Cl2F3.C8H8Cl2.C7H5BrCl2.2C7H5BrClF.C7H5Cl2F/c1-4-2-5(10)3-6(9)7(4)8(11,12)13;1-5-3-7(10)4-8(9)6(5)2;1-4-2-5(9)3-6(10)7(4)8(11,12)13;1-5-3-7(9)4-8(10)6(5)2;1-4-2-5(9)3-6(8)7(4)10;1-4-2-5(9)3-6(10)7(4)8;1-4-2-5(9)3-6(8)7(4)10;1-4-2-5(8)3-6(10)7(4)9/h2-3H,1H3;3-4H,1-2H3;2-3H,1H3;3-4H,1-2H3;4*2-3H,1H3. The molecule has 0 heterocycles. The van der Waals surface area contributed by atoms with Crippen LogP contribution in [0.3, 0.4) is 0 Å². The molecule has 0 aromatic heterocycles. The van der Waals surface area contributed by atoms with Crippen molar-refractivity contribution in [1.82, 2.24) is 0 Å². The fraction of sp³-hybridized carbons (Fsp3) is 0.200. The number of aryl methyl sites for hydroxylation is 8. The van der Waals surface area contributed by atoms with E-state index in [0.29, 0.717) is 45.2 Å². The van der Waals surface area contributed by atoms with E-state index in [0.717, 1.165) is 52.3 Å². The Kier molecular flexibility index (Phi) is 36.9. The molecule has 86 heavy (non-hydrogen) atoms. The lowest BCUT2D eigenvalue weighted by atomic mass is 10.1. The van der Waals surface area contributed by atoms with Crippen molar-refractivity contribution < 1.29 is 39.5 Å². The number of halogens is 26. The van der Waals surface area contributed by atoms with E-state index in [1.54, 1.807) is 51.1 Å². The molecule has 0 aliphatic heterocycles. The predicted octanol–water partition coefficient (Wildman–Crippen LogP) is 30.7. The molecule has 0 saturated carbocycles. The van der Waals surface area contributed by atoms with Crippen molar-refractivity contribution in [3.05, 3.63) is 264 Å². The fourth-order valence-corrected chi connectivity index (χ4v) is 12.8. The highest BCUT2D eigenvalue weighted by Crippen LogP contribution is 2.40. The first-order valence-corrected chi connectivity index (χ1v) is 32.2. The van der Waals surface area contributed by atoms with Gasteiger partial charge in [0.25, 0.3) is 0 Å². The number of hydrogen-bond acceptors (Lipinski definition) is 0. The van der Waals surface area contributed by atoms with E-state index < -0.39 is 29.3 Å². The van der Waals surface area contributed by atoms with Crippen LogP contribution in [0.2, 0.25) is 60.3 Å².